The smallest absolute Gasteiger partial charge is 0.131 e. The molecule has 1 atom stereocenters. The predicted octanol–water partition coefficient (Wildman–Crippen LogP) is 4.53. The molecule has 3 aromatic carbocycles. The van der Waals surface area contributed by atoms with Crippen molar-refractivity contribution in [3.63, 3.8) is 0 Å². The number of hydrogen-bond acceptors (Lipinski definition) is 3. The molecule has 3 heteroatoms. The van der Waals surface area contributed by atoms with Gasteiger partial charge >= 0.3 is 0 Å². The minimum atomic E-state index is 0.0337. The predicted molar refractivity (Wildman–Crippen MR) is 90.6 cm³/mol. The molecule has 0 amide bonds. The van der Waals surface area contributed by atoms with Gasteiger partial charge in [0.1, 0.15) is 23.4 Å². The van der Waals surface area contributed by atoms with E-state index in [1.807, 2.05) is 24.3 Å². The van der Waals surface area contributed by atoms with Crippen LogP contribution in [0.2, 0.25) is 0 Å². The molecule has 3 nitrogen and oxygen atoms in total. The first kappa shape index (κ1) is 13.9. The molecule has 0 spiro atoms. The minimum absolute atomic E-state index is 0.0337. The molecule has 0 fully saturated rings. The fraction of sp³-hybridized carbons (Fsp3) is 0.200. The van der Waals surface area contributed by atoms with E-state index in [1.54, 1.807) is 14.2 Å². The average Bonchev–Trinajstić information content (AvgIpc) is 3.05. The first-order valence-corrected chi connectivity index (χ1v) is 7.69. The lowest BCUT2D eigenvalue weighted by atomic mass is 10.0. The first-order valence-electron chi connectivity index (χ1n) is 7.69. The molecule has 0 saturated heterocycles. The maximum atomic E-state index is 6.28. The molecule has 0 aliphatic carbocycles. The zero-order chi connectivity index (χ0) is 15.8. The fourth-order valence-corrected chi connectivity index (χ4v) is 3.22. The second kappa shape index (κ2) is 5.51. The summed E-state index contributed by atoms with van der Waals surface area (Å²) >= 11 is 0. The zero-order valence-corrected chi connectivity index (χ0v) is 13.2. The summed E-state index contributed by atoms with van der Waals surface area (Å²) in [5.74, 6) is 2.73. The molecule has 4 rings (SSSR count). The van der Waals surface area contributed by atoms with E-state index >= 15 is 0 Å². The summed E-state index contributed by atoms with van der Waals surface area (Å²) in [6.07, 6.45) is 0.884. The Balaban J connectivity index is 1.75. The number of methoxy groups -OCH3 is 2. The van der Waals surface area contributed by atoms with E-state index in [1.165, 1.54) is 5.56 Å². The number of ether oxygens (including phenoxy) is 3. The Hall–Kier alpha value is -2.68. The molecule has 1 heterocycles. The Bertz CT molecular complexity index is 853. The van der Waals surface area contributed by atoms with Crippen LogP contribution in [0.5, 0.6) is 17.2 Å². The maximum absolute atomic E-state index is 6.28. The monoisotopic (exact) mass is 306 g/mol. The molecule has 0 N–H and O–H groups in total. The van der Waals surface area contributed by atoms with E-state index in [0.717, 1.165) is 40.0 Å². The highest BCUT2D eigenvalue weighted by molar-refractivity contribution is 5.95. The molecule has 1 aliphatic heterocycles. The lowest BCUT2D eigenvalue weighted by molar-refractivity contribution is 0.241. The van der Waals surface area contributed by atoms with Crippen LogP contribution in [0.1, 0.15) is 17.2 Å². The number of hydrogen-bond donors (Lipinski definition) is 0. The quantitative estimate of drug-likeness (QED) is 0.711. The fourth-order valence-electron chi connectivity index (χ4n) is 3.22. The number of benzene rings is 3. The first-order chi connectivity index (χ1) is 11.3. The molecule has 0 bridgehead atoms. The standard InChI is InChI=1S/C20H18O3/c1-21-15-9-7-13(8-10-15)18-11-14-12-19(22-2)16-5-3-4-6-17(16)20(14)23-18/h3-10,12,18H,11H2,1-2H3/t18-/m0/s1. The Morgan fingerprint density at radius 2 is 1.65 bits per heavy atom. The minimum Gasteiger partial charge on any atom is -0.497 e. The zero-order valence-electron chi connectivity index (χ0n) is 13.2. The van der Waals surface area contributed by atoms with Crippen LogP contribution in [0.15, 0.2) is 54.6 Å². The summed E-state index contributed by atoms with van der Waals surface area (Å²) in [6, 6.07) is 18.4. The molecular weight excluding hydrogens is 288 g/mol. The molecule has 0 radical (unpaired) electrons. The van der Waals surface area contributed by atoms with Gasteiger partial charge < -0.3 is 14.2 Å². The van der Waals surface area contributed by atoms with Crippen molar-refractivity contribution in [1.29, 1.82) is 0 Å². The van der Waals surface area contributed by atoms with Crippen molar-refractivity contribution in [2.45, 2.75) is 12.5 Å². The van der Waals surface area contributed by atoms with Gasteiger partial charge in [-0.1, -0.05) is 36.4 Å². The van der Waals surface area contributed by atoms with Crippen molar-refractivity contribution in [2.24, 2.45) is 0 Å². The van der Waals surface area contributed by atoms with Gasteiger partial charge in [-0.15, -0.1) is 0 Å². The van der Waals surface area contributed by atoms with E-state index in [4.69, 9.17) is 14.2 Å². The van der Waals surface area contributed by atoms with Gasteiger partial charge in [0.15, 0.2) is 0 Å². The average molecular weight is 306 g/mol. The Morgan fingerprint density at radius 1 is 0.913 bits per heavy atom. The van der Waals surface area contributed by atoms with Gasteiger partial charge in [0.05, 0.1) is 14.2 Å². The van der Waals surface area contributed by atoms with Gasteiger partial charge in [-0.05, 0) is 23.8 Å². The summed E-state index contributed by atoms with van der Waals surface area (Å²) in [6.45, 7) is 0. The van der Waals surface area contributed by atoms with Crippen molar-refractivity contribution in [1.82, 2.24) is 0 Å². The van der Waals surface area contributed by atoms with Crippen molar-refractivity contribution in [2.75, 3.05) is 14.2 Å². The summed E-state index contributed by atoms with van der Waals surface area (Å²) in [5.41, 5.74) is 2.35. The van der Waals surface area contributed by atoms with Crippen molar-refractivity contribution in [3.8, 4) is 17.2 Å². The van der Waals surface area contributed by atoms with E-state index < -0.39 is 0 Å². The van der Waals surface area contributed by atoms with Gasteiger partial charge in [-0.2, -0.15) is 0 Å². The maximum Gasteiger partial charge on any atom is 0.131 e. The molecule has 0 unspecified atom stereocenters. The second-order valence-corrected chi connectivity index (χ2v) is 5.70. The van der Waals surface area contributed by atoms with Crippen LogP contribution in [0.4, 0.5) is 0 Å². The lowest BCUT2D eigenvalue weighted by Crippen LogP contribution is -2.02. The highest BCUT2D eigenvalue weighted by Crippen LogP contribution is 2.45. The number of rotatable bonds is 3. The van der Waals surface area contributed by atoms with E-state index in [9.17, 15) is 0 Å². The topological polar surface area (TPSA) is 27.7 Å². The van der Waals surface area contributed by atoms with Gasteiger partial charge in [-0.3, -0.25) is 0 Å². The van der Waals surface area contributed by atoms with Gasteiger partial charge in [0.2, 0.25) is 0 Å². The van der Waals surface area contributed by atoms with Crippen LogP contribution in [0, 0.1) is 0 Å². The van der Waals surface area contributed by atoms with E-state index in [2.05, 4.69) is 30.3 Å². The molecule has 0 aromatic heterocycles. The van der Waals surface area contributed by atoms with Crippen LogP contribution < -0.4 is 14.2 Å². The molecule has 3 aromatic rings. The Morgan fingerprint density at radius 3 is 2.35 bits per heavy atom. The lowest BCUT2D eigenvalue weighted by Gasteiger charge is -2.13. The van der Waals surface area contributed by atoms with Gasteiger partial charge in [0, 0.05) is 22.8 Å². The molecule has 23 heavy (non-hydrogen) atoms. The van der Waals surface area contributed by atoms with Crippen LogP contribution in [0.3, 0.4) is 0 Å². The van der Waals surface area contributed by atoms with Crippen molar-refractivity contribution < 1.29 is 14.2 Å². The number of fused-ring (bicyclic) bond motifs is 3. The third kappa shape index (κ3) is 2.29. The second-order valence-electron chi connectivity index (χ2n) is 5.70. The third-order valence-electron chi connectivity index (χ3n) is 4.41. The molecule has 116 valence electrons. The third-order valence-corrected chi connectivity index (χ3v) is 4.41. The summed E-state index contributed by atoms with van der Waals surface area (Å²) < 4.78 is 17.1. The Kier molecular flexibility index (Phi) is 3.34. The van der Waals surface area contributed by atoms with Crippen LogP contribution >= 0.6 is 0 Å². The largest absolute Gasteiger partial charge is 0.497 e. The van der Waals surface area contributed by atoms with Crippen molar-refractivity contribution in [3.05, 3.63) is 65.7 Å². The van der Waals surface area contributed by atoms with E-state index in [-0.39, 0.29) is 6.10 Å². The SMILES string of the molecule is COc1ccc([C@@H]2Cc3cc(OC)c4ccccc4c3O2)cc1. The van der Waals surface area contributed by atoms with Crippen LogP contribution in [-0.2, 0) is 6.42 Å². The Labute approximate surface area is 135 Å². The van der Waals surface area contributed by atoms with Gasteiger partial charge in [0.25, 0.3) is 0 Å². The normalized spacial score (nSPS) is 16.0. The van der Waals surface area contributed by atoms with E-state index in [0.29, 0.717) is 0 Å². The molecule has 1 aliphatic rings. The van der Waals surface area contributed by atoms with Crippen LogP contribution in [0.25, 0.3) is 10.8 Å². The summed E-state index contributed by atoms with van der Waals surface area (Å²) in [5, 5.41) is 2.20. The van der Waals surface area contributed by atoms with Gasteiger partial charge in [-0.25, -0.2) is 0 Å². The van der Waals surface area contributed by atoms with Crippen molar-refractivity contribution >= 4 is 10.8 Å². The summed E-state index contributed by atoms with van der Waals surface area (Å²) in [4.78, 5) is 0. The highest BCUT2D eigenvalue weighted by atomic mass is 16.5. The van der Waals surface area contributed by atoms with Crippen LogP contribution in [-0.4, -0.2) is 14.2 Å². The molecule has 0 saturated carbocycles. The highest BCUT2D eigenvalue weighted by Gasteiger charge is 2.27. The molecular formula is C20H18O3. The summed E-state index contributed by atoms with van der Waals surface area (Å²) in [7, 11) is 3.39.